The lowest BCUT2D eigenvalue weighted by Crippen LogP contribution is -2.19. The van der Waals surface area contributed by atoms with Crippen molar-refractivity contribution >= 4 is 40.1 Å². The molecule has 0 spiro atoms. The van der Waals surface area contributed by atoms with Gasteiger partial charge in [-0.3, -0.25) is 5.32 Å². The summed E-state index contributed by atoms with van der Waals surface area (Å²) in [5.41, 5.74) is 1.78. The molecule has 160 valence electrons. The molecule has 2 amide bonds. The predicted octanol–water partition coefficient (Wildman–Crippen LogP) is 5.11. The smallest absolute Gasteiger partial charge is 0.348 e. The second-order valence-electron chi connectivity index (χ2n) is 6.51. The van der Waals surface area contributed by atoms with Crippen molar-refractivity contribution in [3.8, 4) is 11.3 Å². The third kappa shape index (κ3) is 5.89. The van der Waals surface area contributed by atoms with E-state index in [1.165, 1.54) is 0 Å². The number of esters is 1. The number of rotatable bonds is 8. The lowest BCUT2D eigenvalue weighted by Gasteiger charge is -2.07. The highest BCUT2D eigenvalue weighted by Gasteiger charge is 2.20. The highest BCUT2D eigenvalue weighted by atomic mass is 32.1. The number of hydrogen-bond acceptors (Lipinski definition) is 6. The van der Waals surface area contributed by atoms with Crippen LogP contribution in [0.1, 0.15) is 39.8 Å². The number of nitrogens with one attached hydrogen (secondary N) is 2. The van der Waals surface area contributed by atoms with Crippen molar-refractivity contribution in [2.75, 3.05) is 17.2 Å². The Morgan fingerprint density at radius 3 is 2.39 bits per heavy atom. The average Bonchev–Trinajstić information content (AvgIpc) is 3.19. The molecule has 0 aliphatic rings. The monoisotopic (exact) mass is 439 g/mol. The summed E-state index contributed by atoms with van der Waals surface area (Å²) >= 11 is 0.873. The minimum absolute atomic E-state index is 0.0347. The summed E-state index contributed by atoms with van der Waals surface area (Å²) in [6, 6.07) is 14.6. The van der Waals surface area contributed by atoms with E-state index in [0.29, 0.717) is 29.1 Å². The minimum Gasteiger partial charge on any atom is -0.477 e. The number of aromatic nitrogens is 1. The van der Waals surface area contributed by atoms with Gasteiger partial charge in [-0.1, -0.05) is 55.0 Å². The summed E-state index contributed by atoms with van der Waals surface area (Å²) < 4.78 is 5.14. The molecule has 3 N–H and O–H groups in total. The zero-order chi connectivity index (χ0) is 22.2. The van der Waals surface area contributed by atoms with Crippen LogP contribution < -0.4 is 10.6 Å². The number of ether oxygens (including phenoxy) is 1. The lowest BCUT2D eigenvalue weighted by molar-refractivity contribution is 0.0499. The second-order valence-corrected chi connectivity index (χ2v) is 7.51. The number of unbranched alkanes of at least 4 members (excludes halogenated alkanes) is 1. The van der Waals surface area contributed by atoms with Gasteiger partial charge in [-0.25, -0.2) is 19.4 Å². The van der Waals surface area contributed by atoms with Crippen LogP contribution in [0.15, 0.2) is 54.6 Å². The molecule has 3 aromatic rings. The van der Waals surface area contributed by atoms with Crippen LogP contribution in [0.3, 0.4) is 0 Å². The quantitative estimate of drug-likeness (QED) is 0.332. The Morgan fingerprint density at radius 1 is 1.03 bits per heavy atom. The molecule has 0 radical (unpaired) electrons. The van der Waals surface area contributed by atoms with Gasteiger partial charge < -0.3 is 15.2 Å². The van der Waals surface area contributed by atoms with E-state index in [1.807, 2.05) is 13.0 Å². The van der Waals surface area contributed by atoms with Crippen molar-refractivity contribution in [1.29, 1.82) is 0 Å². The van der Waals surface area contributed by atoms with E-state index in [4.69, 9.17) is 4.74 Å². The minimum atomic E-state index is -1.12. The fraction of sp³-hybridized carbons (Fsp3) is 0.182. The van der Waals surface area contributed by atoms with Crippen LogP contribution in [-0.2, 0) is 4.74 Å². The number of benzene rings is 2. The molecule has 3 rings (SSSR count). The third-order valence-corrected chi connectivity index (χ3v) is 5.16. The first-order valence-electron chi connectivity index (χ1n) is 9.62. The predicted molar refractivity (Wildman–Crippen MR) is 119 cm³/mol. The van der Waals surface area contributed by atoms with Crippen molar-refractivity contribution in [2.45, 2.75) is 19.8 Å². The standard InChI is InChI=1S/C22H21N3O5S/c1-2-3-13-30-20(28)15-9-11-16(12-10-15)23-21(29)25-22-24-17(18(31-22)19(26)27)14-7-5-4-6-8-14/h4-12H,2-3,13H2,1H3,(H,26,27)(H2,23,24,25,29). The van der Waals surface area contributed by atoms with Gasteiger partial charge in [0.25, 0.3) is 0 Å². The Hall–Kier alpha value is -3.72. The summed E-state index contributed by atoms with van der Waals surface area (Å²) in [5.74, 6) is -1.53. The molecule has 0 fully saturated rings. The van der Waals surface area contributed by atoms with Gasteiger partial charge in [0, 0.05) is 11.3 Å². The first-order valence-corrected chi connectivity index (χ1v) is 10.4. The van der Waals surface area contributed by atoms with Crippen LogP contribution in [0.2, 0.25) is 0 Å². The fourth-order valence-corrected chi connectivity index (χ4v) is 3.47. The van der Waals surface area contributed by atoms with Crippen LogP contribution in [-0.4, -0.2) is 34.7 Å². The number of nitrogens with zero attached hydrogens (tertiary/aromatic N) is 1. The maximum Gasteiger partial charge on any atom is 0.348 e. The van der Waals surface area contributed by atoms with Gasteiger partial charge in [0.15, 0.2) is 5.13 Å². The molecule has 0 aliphatic heterocycles. The van der Waals surface area contributed by atoms with Crippen molar-refractivity contribution in [3.05, 3.63) is 65.0 Å². The highest BCUT2D eigenvalue weighted by Crippen LogP contribution is 2.31. The van der Waals surface area contributed by atoms with Crippen LogP contribution in [0.25, 0.3) is 11.3 Å². The Bertz CT molecular complexity index is 1060. The molecule has 9 heteroatoms. The molecule has 0 bridgehead atoms. The van der Waals surface area contributed by atoms with Crippen LogP contribution in [0, 0.1) is 0 Å². The first-order chi connectivity index (χ1) is 15.0. The summed E-state index contributed by atoms with van der Waals surface area (Å²) in [4.78, 5) is 40.1. The summed E-state index contributed by atoms with van der Waals surface area (Å²) in [5, 5.41) is 14.8. The summed E-state index contributed by atoms with van der Waals surface area (Å²) in [7, 11) is 0. The van der Waals surface area contributed by atoms with E-state index in [2.05, 4.69) is 15.6 Å². The van der Waals surface area contributed by atoms with Crippen molar-refractivity contribution in [1.82, 2.24) is 4.98 Å². The molecule has 2 aromatic carbocycles. The zero-order valence-electron chi connectivity index (χ0n) is 16.8. The van der Waals surface area contributed by atoms with Gasteiger partial charge in [-0.15, -0.1) is 0 Å². The van der Waals surface area contributed by atoms with Crippen LogP contribution in [0.4, 0.5) is 15.6 Å². The number of thiazole rings is 1. The number of carbonyl (C=O) groups excluding carboxylic acids is 2. The van der Waals surface area contributed by atoms with E-state index in [0.717, 1.165) is 24.2 Å². The average molecular weight is 439 g/mol. The number of anilines is 2. The van der Waals surface area contributed by atoms with Gasteiger partial charge >= 0.3 is 18.0 Å². The van der Waals surface area contributed by atoms with E-state index in [1.54, 1.807) is 48.5 Å². The largest absolute Gasteiger partial charge is 0.477 e. The van der Waals surface area contributed by atoms with Crippen LogP contribution in [0.5, 0.6) is 0 Å². The number of amides is 2. The molecule has 31 heavy (non-hydrogen) atoms. The maximum atomic E-state index is 12.3. The zero-order valence-corrected chi connectivity index (χ0v) is 17.6. The lowest BCUT2D eigenvalue weighted by atomic mass is 10.1. The number of carboxylic acids is 1. The molecule has 1 aromatic heterocycles. The van der Waals surface area contributed by atoms with Crippen molar-refractivity contribution in [2.24, 2.45) is 0 Å². The van der Waals surface area contributed by atoms with Gasteiger partial charge in [0.1, 0.15) is 4.88 Å². The maximum absolute atomic E-state index is 12.3. The van der Waals surface area contributed by atoms with E-state index < -0.39 is 18.0 Å². The van der Waals surface area contributed by atoms with Crippen molar-refractivity contribution in [3.63, 3.8) is 0 Å². The molecular weight excluding hydrogens is 418 g/mol. The normalized spacial score (nSPS) is 10.4. The number of aromatic carboxylic acids is 1. The summed E-state index contributed by atoms with van der Waals surface area (Å²) in [6.45, 7) is 2.38. The van der Waals surface area contributed by atoms with Crippen LogP contribution >= 0.6 is 11.3 Å². The van der Waals surface area contributed by atoms with Crippen molar-refractivity contribution < 1.29 is 24.2 Å². The molecule has 8 nitrogen and oxygen atoms in total. The Balaban J connectivity index is 1.64. The Morgan fingerprint density at radius 2 is 1.74 bits per heavy atom. The first kappa shape index (κ1) is 22.0. The molecule has 0 saturated heterocycles. The molecule has 0 unspecified atom stereocenters. The fourth-order valence-electron chi connectivity index (χ4n) is 2.65. The molecule has 0 aliphatic carbocycles. The second kappa shape index (κ2) is 10.4. The van der Waals surface area contributed by atoms with E-state index >= 15 is 0 Å². The Kier molecular flexibility index (Phi) is 7.34. The number of urea groups is 1. The number of hydrogen-bond donors (Lipinski definition) is 3. The van der Waals surface area contributed by atoms with Gasteiger partial charge in [-0.05, 0) is 30.7 Å². The molecule has 0 atom stereocenters. The van der Waals surface area contributed by atoms with Gasteiger partial charge in [0.05, 0.1) is 17.9 Å². The summed E-state index contributed by atoms with van der Waals surface area (Å²) in [6.07, 6.45) is 1.74. The molecule has 1 heterocycles. The molecule has 0 saturated carbocycles. The Labute approximate surface area is 182 Å². The molecular formula is C22H21N3O5S. The topological polar surface area (TPSA) is 118 Å². The van der Waals surface area contributed by atoms with E-state index in [-0.39, 0.29) is 10.0 Å². The SMILES string of the molecule is CCCCOC(=O)c1ccc(NC(=O)Nc2nc(-c3ccccc3)c(C(=O)O)s2)cc1. The van der Waals surface area contributed by atoms with Gasteiger partial charge in [-0.2, -0.15) is 0 Å². The highest BCUT2D eigenvalue weighted by molar-refractivity contribution is 7.18. The number of carbonyl (C=O) groups is 3. The van der Waals surface area contributed by atoms with Gasteiger partial charge in [0.2, 0.25) is 0 Å². The number of carboxylic acid groups (broad SMARTS) is 1. The van der Waals surface area contributed by atoms with E-state index in [9.17, 15) is 19.5 Å². The third-order valence-electron chi connectivity index (χ3n) is 4.20.